The van der Waals surface area contributed by atoms with Crippen LogP contribution in [0.1, 0.15) is 31.7 Å². The van der Waals surface area contributed by atoms with E-state index in [4.69, 9.17) is 0 Å². The summed E-state index contributed by atoms with van der Waals surface area (Å²) in [5.41, 5.74) is 1.10. The SMILES string of the molecule is CCNC(=NCCC(=O)N(C)Cc1ccccc1Br)NC1CC=CC1.I. The highest BCUT2D eigenvalue weighted by molar-refractivity contribution is 14.0. The van der Waals surface area contributed by atoms with E-state index in [1.807, 2.05) is 38.2 Å². The number of benzene rings is 1. The van der Waals surface area contributed by atoms with Gasteiger partial charge in [0.25, 0.3) is 0 Å². The summed E-state index contributed by atoms with van der Waals surface area (Å²) in [4.78, 5) is 18.6. The molecule has 1 aliphatic rings. The molecule has 1 aliphatic carbocycles. The fourth-order valence-corrected chi connectivity index (χ4v) is 3.08. The molecule has 0 atom stereocenters. The number of carbonyl (C=O) groups is 1. The Kier molecular flexibility index (Phi) is 10.9. The third kappa shape index (κ3) is 7.65. The minimum Gasteiger partial charge on any atom is -0.357 e. The Morgan fingerprint density at radius 1 is 1.31 bits per heavy atom. The summed E-state index contributed by atoms with van der Waals surface area (Å²) >= 11 is 3.52. The van der Waals surface area contributed by atoms with Crippen molar-refractivity contribution in [3.8, 4) is 0 Å². The van der Waals surface area contributed by atoms with E-state index in [1.54, 1.807) is 4.90 Å². The first-order valence-corrected chi connectivity index (χ1v) is 9.56. The minimum atomic E-state index is 0. The number of nitrogens with zero attached hydrogens (tertiary/aromatic N) is 2. The Hall–Kier alpha value is -1.09. The van der Waals surface area contributed by atoms with E-state index in [-0.39, 0.29) is 29.9 Å². The van der Waals surface area contributed by atoms with Crippen LogP contribution in [-0.4, -0.2) is 42.9 Å². The van der Waals surface area contributed by atoms with E-state index in [2.05, 4.69) is 43.7 Å². The summed E-state index contributed by atoms with van der Waals surface area (Å²) in [6.07, 6.45) is 6.82. The topological polar surface area (TPSA) is 56.7 Å². The monoisotopic (exact) mass is 534 g/mol. The van der Waals surface area contributed by atoms with Gasteiger partial charge in [-0.25, -0.2) is 0 Å². The van der Waals surface area contributed by atoms with Crippen molar-refractivity contribution in [2.75, 3.05) is 20.1 Å². The van der Waals surface area contributed by atoms with Crippen LogP contribution in [-0.2, 0) is 11.3 Å². The summed E-state index contributed by atoms with van der Waals surface area (Å²) < 4.78 is 1.02. The van der Waals surface area contributed by atoms with Crippen LogP contribution in [0.25, 0.3) is 0 Å². The highest BCUT2D eigenvalue weighted by Crippen LogP contribution is 2.17. The van der Waals surface area contributed by atoms with E-state index < -0.39 is 0 Å². The lowest BCUT2D eigenvalue weighted by atomic mass is 10.2. The number of halogens is 2. The number of hydrogen-bond donors (Lipinski definition) is 2. The van der Waals surface area contributed by atoms with Crippen LogP contribution in [0.3, 0.4) is 0 Å². The zero-order valence-corrected chi connectivity index (χ0v) is 19.3. The Balaban J connectivity index is 0.00000338. The zero-order valence-electron chi connectivity index (χ0n) is 15.4. The molecule has 0 aliphatic heterocycles. The Morgan fingerprint density at radius 3 is 2.65 bits per heavy atom. The fourth-order valence-electron chi connectivity index (χ4n) is 2.67. The number of guanidine groups is 1. The summed E-state index contributed by atoms with van der Waals surface area (Å²) in [7, 11) is 1.83. The molecule has 0 heterocycles. The molecule has 0 saturated heterocycles. The van der Waals surface area contributed by atoms with Crippen molar-refractivity contribution in [3.63, 3.8) is 0 Å². The number of hydrogen-bond acceptors (Lipinski definition) is 2. The van der Waals surface area contributed by atoms with Gasteiger partial charge in [0.05, 0.1) is 6.54 Å². The normalized spacial score (nSPS) is 14.0. The minimum absolute atomic E-state index is 0. The van der Waals surface area contributed by atoms with E-state index >= 15 is 0 Å². The third-order valence-electron chi connectivity index (χ3n) is 4.08. The predicted molar refractivity (Wildman–Crippen MR) is 122 cm³/mol. The van der Waals surface area contributed by atoms with Crippen molar-refractivity contribution < 1.29 is 4.79 Å². The quantitative estimate of drug-likeness (QED) is 0.243. The average Bonchev–Trinajstić information content (AvgIpc) is 3.10. The molecule has 7 heteroatoms. The van der Waals surface area contributed by atoms with Crippen LogP contribution in [0.4, 0.5) is 0 Å². The highest BCUT2D eigenvalue weighted by atomic mass is 127. The maximum absolute atomic E-state index is 12.3. The van der Waals surface area contributed by atoms with Crippen LogP contribution in [0, 0.1) is 0 Å². The second-order valence-electron chi connectivity index (χ2n) is 6.14. The molecule has 144 valence electrons. The molecule has 0 unspecified atom stereocenters. The molecule has 2 rings (SSSR count). The Morgan fingerprint density at radius 2 is 2.00 bits per heavy atom. The first-order chi connectivity index (χ1) is 12.1. The molecule has 0 bridgehead atoms. The lowest BCUT2D eigenvalue weighted by Crippen LogP contribution is -2.42. The van der Waals surface area contributed by atoms with E-state index in [1.165, 1.54) is 0 Å². The standard InChI is InChI=1S/C19H27BrN4O.HI/c1-3-21-19(23-16-9-5-6-10-16)22-13-12-18(25)24(2)14-15-8-4-7-11-17(15)20;/h4-8,11,16H,3,9-10,12-14H2,1-2H3,(H2,21,22,23);1H. The molecule has 26 heavy (non-hydrogen) atoms. The van der Waals surface area contributed by atoms with Gasteiger partial charge in [0.15, 0.2) is 5.96 Å². The van der Waals surface area contributed by atoms with Crippen molar-refractivity contribution in [2.24, 2.45) is 4.99 Å². The van der Waals surface area contributed by atoms with Gasteiger partial charge in [0.2, 0.25) is 5.91 Å². The maximum Gasteiger partial charge on any atom is 0.224 e. The molecule has 0 aromatic heterocycles. The zero-order chi connectivity index (χ0) is 18.1. The largest absolute Gasteiger partial charge is 0.357 e. The van der Waals surface area contributed by atoms with E-state index in [0.717, 1.165) is 35.4 Å². The van der Waals surface area contributed by atoms with Crippen LogP contribution < -0.4 is 10.6 Å². The van der Waals surface area contributed by atoms with Crippen LogP contribution in [0.5, 0.6) is 0 Å². The second-order valence-corrected chi connectivity index (χ2v) is 6.99. The molecule has 1 aromatic carbocycles. The number of carbonyl (C=O) groups excluding carboxylic acids is 1. The first-order valence-electron chi connectivity index (χ1n) is 8.77. The van der Waals surface area contributed by atoms with Crippen LogP contribution in [0.15, 0.2) is 45.9 Å². The van der Waals surface area contributed by atoms with Gasteiger partial charge in [-0.15, -0.1) is 24.0 Å². The summed E-state index contributed by atoms with van der Waals surface area (Å²) in [6.45, 7) is 3.92. The van der Waals surface area contributed by atoms with Gasteiger partial charge in [-0.05, 0) is 31.4 Å². The maximum atomic E-state index is 12.3. The van der Waals surface area contributed by atoms with Crippen molar-refractivity contribution >= 4 is 51.8 Å². The number of rotatable bonds is 7. The van der Waals surface area contributed by atoms with Crippen molar-refractivity contribution in [3.05, 3.63) is 46.5 Å². The first kappa shape index (κ1) is 23.0. The Labute approximate surface area is 181 Å². The smallest absolute Gasteiger partial charge is 0.224 e. The fraction of sp³-hybridized carbons (Fsp3) is 0.474. The Bertz CT molecular complexity index is 628. The van der Waals surface area contributed by atoms with Crippen LogP contribution >= 0.6 is 39.9 Å². The van der Waals surface area contributed by atoms with Gasteiger partial charge in [0, 0.05) is 37.1 Å². The molecule has 1 amide bonds. The number of aliphatic imine (C=N–C) groups is 1. The molecule has 2 N–H and O–H groups in total. The van der Waals surface area contributed by atoms with Gasteiger partial charge in [-0.1, -0.05) is 46.3 Å². The van der Waals surface area contributed by atoms with Crippen molar-refractivity contribution in [1.82, 2.24) is 15.5 Å². The lowest BCUT2D eigenvalue weighted by Gasteiger charge is -2.19. The van der Waals surface area contributed by atoms with Gasteiger partial charge in [-0.3, -0.25) is 9.79 Å². The van der Waals surface area contributed by atoms with Crippen LogP contribution in [0.2, 0.25) is 0 Å². The van der Waals surface area contributed by atoms with Gasteiger partial charge in [0.1, 0.15) is 0 Å². The lowest BCUT2D eigenvalue weighted by molar-refractivity contribution is -0.130. The molecule has 1 aromatic rings. The van der Waals surface area contributed by atoms with Gasteiger partial charge >= 0.3 is 0 Å². The molecule has 0 saturated carbocycles. The number of nitrogens with one attached hydrogen (secondary N) is 2. The molecule has 0 fully saturated rings. The third-order valence-corrected chi connectivity index (χ3v) is 4.85. The van der Waals surface area contributed by atoms with Gasteiger partial charge < -0.3 is 15.5 Å². The summed E-state index contributed by atoms with van der Waals surface area (Å²) in [5.74, 6) is 0.885. The average molecular weight is 535 g/mol. The highest BCUT2D eigenvalue weighted by Gasteiger charge is 2.13. The summed E-state index contributed by atoms with van der Waals surface area (Å²) in [6, 6.07) is 8.37. The number of amides is 1. The molecular weight excluding hydrogens is 507 g/mol. The van der Waals surface area contributed by atoms with Crippen molar-refractivity contribution in [1.29, 1.82) is 0 Å². The molecule has 0 radical (unpaired) electrons. The van der Waals surface area contributed by atoms with Gasteiger partial charge in [-0.2, -0.15) is 0 Å². The van der Waals surface area contributed by atoms with E-state index in [9.17, 15) is 4.79 Å². The predicted octanol–water partition coefficient (Wildman–Crippen LogP) is 3.69. The summed E-state index contributed by atoms with van der Waals surface area (Å²) in [5, 5.41) is 6.65. The molecular formula is C19H28BrIN4O. The van der Waals surface area contributed by atoms with E-state index in [0.29, 0.717) is 25.6 Å². The second kappa shape index (κ2) is 12.3. The molecule has 5 nitrogen and oxygen atoms in total. The van der Waals surface area contributed by atoms with Crippen molar-refractivity contribution in [2.45, 2.75) is 38.8 Å². The molecule has 0 spiro atoms.